The van der Waals surface area contributed by atoms with E-state index in [4.69, 9.17) is 0 Å². The minimum Gasteiger partial charge on any atom is -0.0533 e. The van der Waals surface area contributed by atoms with Crippen LogP contribution in [0.1, 0.15) is 89.9 Å². The predicted octanol–water partition coefficient (Wildman–Crippen LogP) is 5.62. The molecule has 0 aromatic heterocycles. The third-order valence-corrected chi connectivity index (χ3v) is 4.43. The normalized spacial score (nSPS) is 24.8. The Kier molecular flexibility index (Phi) is 5.72. The molecule has 2 radical (unpaired) electrons. The number of hydrogen-bond donors (Lipinski definition) is 0. The van der Waals surface area contributed by atoms with Gasteiger partial charge in [0.1, 0.15) is 0 Å². The van der Waals surface area contributed by atoms with E-state index < -0.39 is 0 Å². The molecular weight excluding hydrogens is 192 g/mol. The fourth-order valence-electron chi connectivity index (χ4n) is 3.35. The van der Waals surface area contributed by atoms with Crippen LogP contribution in [0.15, 0.2) is 0 Å². The fraction of sp³-hybridized carbons (Fsp3) is 0.875. The first-order valence-electron chi connectivity index (χ1n) is 7.62. The van der Waals surface area contributed by atoms with Crippen molar-refractivity contribution in [3.63, 3.8) is 0 Å². The molecule has 0 spiro atoms. The van der Waals surface area contributed by atoms with Crippen molar-refractivity contribution in [2.75, 3.05) is 0 Å². The Labute approximate surface area is 102 Å². The summed E-state index contributed by atoms with van der Waals surface area (Å²) in [6.07, 6.45) is 20.6. The molecule has 0 N–H and O–H groups in total. The van der Waals surface area contributed by atoms with Crippen LogP contribution >= 0.6 is 0 Å². The van der Waals surface area contributed by atoms with Crippen molar-refractivity contribution >= 4 is 0 Å². The summed E-state index contributed by atoms with van der Waals surface area (Å²) < 4.78 is 0. The van der Waals surface area contributed by atoms with E-state index in [2.05, 4.69) is 0 Å². The lowest BCUT2D eigenvalue weighted by molar-refractivity contribution is 0.468. The molecule has 0 nitrogen and oxygen atoms in total. The molecule has 2 aliphatic carbocycles. The van der Waals surface area contributed by atoms with E-state index in [0.717, 1.165) is 0 Å². The van der Waals surface area contributed by atoms with Crippen molar-refractivity contribution < 1.29 is 0 Å². The lowest BCUT2D eigenvalue weighted by Gasteiger charge is -2.22. The first-order valence-corrected chi connectivity index (χ1v) is 7.62. The van der Waals surface area contributed by atoms with Crippen molar-refractivity contribution in [1.29, 1.82) is 0 Å². The molecule has 0 aromatic rings. The Morgan fingerprint density at radius 1 is 0.500 bits per heavy atom. The molecule has 0 heteroatoms. The molecule has 16 heavy (non-hydrogen) atoms. The van der Waals surface area contributed by atoms with Crippen LogP contribution in [-0.4, -0.2) is 0 Å². The van der Waals surface area contributed by atoms with Crippen LogP contribution in [0.25, 0.3) is 0 Å². The standard InChI is InChI=1S/C16H28/c1-3-9-15(10-4-1)13-7-8-14-16-11-5-2-6-12-16/h1-14H2. The van der Waals surface area contributed by atoms with Gasteiger partial charge in [0.05, 0.1) is 0 Å². The molecule has 2 aliphatic rings. The molecule has 2 rings (SSSR count). The highest BCUT2D eigenvalue weighted by Gasteiger charge is 2.15. The van der Waals surface area contributed by atoms with E-state index in [9.17, 15) is 0 Å². The Morgan fingerprint density at radius 3 is 1.25 bits per heavy atom. The minimum absolute atomic E-state index is 1.45. The van der Waals surface area contributed by atoms with E-state index in [0.29, 0.717) is 0 Å². The van der Waals surface area contributed by atoms with Gasteiger partial charge in [-0.05, 0) is 50.4 Å². The van der Waals surface area contributed by atoms with Gasteiger partial charge in [0.2, 0.25) is 0 Å². The maximum Gasteiger partial charge on any atom is -0.0241 e. The summed E-state index contributed by atoms with van der Waals surface area (Å²) in [6, 6.07) is 0. The van der Waals surface area contributed by atoms with Gasteiger partial charge >= 0.3 is 0 Å². The third kappa shape index (κ3) is 4.47. The highest BCUT2D eigenvalue weighted by atomic mass is 14.2. The summed E-state index contributed by atoms with van der Waals surface area (Å²) in [6.45, 7) is 0. The number of unbranched alkanes of at least 4 members (excludes halogenated alkanes) is 1. The summed E-state index contributed by atoms with van der Waals surface area (Å²) in [5.41, 5.74) is 0. The smallest absolute Gasteiger partial charge is 0.0241 e. The lowest BCUT2D eigenvalue weighted by Crippen LogP contribution is -2.05. The highest BCUT2D eigenvalue weighted by molar-refractivity contribution is 4.94. The average Bonchev–Trinajstić information content (AvgIpc) is 2.37. The van der Waals surface area contributed by atoms with Gasteiger partial charge in [-0.2, -0.15) is 0 Å². The quantitative estimate of drug-likeness (QED) is 0.527. The molecule has 0 aromatic carbocycles. The maximum atomic E-state index is 1.89. The molecular formula is C16H28. The first-order chi connectivity index (χ1) is 7.95. The van der Waals surface area contributed by atoms with Gasteiger partial charge < -0.3 is 0 Å². The van der Waals surface area contributed by atoms with Gasteiger partial charge in [0, 0.05) is 0 Å². The first kappa shape index (κ1) is 12.5. The van der Waals surface area contributed by atoms with Crippen molar-refractivity contribution in [2.45, 2.75) is 89.9 Å². The average molecular weight is 220 g/mol. The van der Waals surface area contributed by atoms with Gasteiger partial charge in [-0.25, -0.2) is 0 Å². The van der Waals surface area contributed by atoms with E-state index in [1.165, 1.54) is 89.9 Å². The van der Waals surface area contributed by atoms with Crippen LogP contribution in [0.5, 0.6) is 0 Å². The van der Waals surface area contributed by atoms with Crippen molar-refractivity contribution in [3.05, 3.63) is 11.8 Å². The maximum absolute atomic E-state index is 1.89. The van der Waals surface area contributed by atoms with E-state index >= 15 is 0 Å². The lowest BCUT2D eigenvalue weighted by atomic mass is 9.83. The number of rotatable bonds is 5. The van der Waals surface area contributed by atoms with Crippen LogP contribution in [0, 0.1) is 11.8 Å². The molecule has 0 aliphatic heterocycles. The molecule has 2 fully saturated rings. The second-order valence-electron chi connectivity index (χ2n) is 5.83. The SMILES string of the molecule is C1CC[C](CCCC[C]2CCCCC2)CC1. The van der Waals surface area contributed by atoms with E-state index in [1.54, 1.807) is 0 Å². The van der Waals surface area contributed by atoms with Crippen molar-refractivity contribution in [2.24, 2.45) is 0 Å². The summed E-state index contributed by atoms with van der Waals surface area (Å²) >= 11 is 0. The summed E-state index contributed by atoms with van der Waals surface area (Å²) in [7, 11) is 0. The fourth-order valence-corrected chi connectivity index (χ4v) is 3.35. The Morgan fingerprint density at radius 2 is 0.875 bits per heavy atom. The van der Waals surface area contributed by atoms with Gasteiger partial charge in [-0.1, -0.05) is 51.4 Å². The predicted molar refractivity (Wildman–Crippen MR) is 71.1 cm³/mol. The van der Waals surface area contributed by atoms with Crippen LogP contribution < -0.4 is 0 Å². The Hall–Kier alpha value is 0. The zero-order valence-corrected chi connectivity index (χ0v) is 10.9. The third-order valence-electron chi connectivity index (χ3n) is 4.43. The van der Waals surface area contributed by atoms with Crippen LogP contribution in [-0.2, 0) is 0 Å². The molecule has 0 heterocycles. The van der Waals surface area contributed by atoms with Gasteiger partial charge in [-0.15, -0.1) is 0 Å². The Bertz CT molecular complexity index is 141. The number of hydrogen-bond acceptors (Lipinski definition) is 0. The van der Waals surface area contributed by atoms with Gasteiger partial charge in [0.15, 0.2) is 0 Å². The van der Waals surface area contributed by atoms with Gasteiger partial charge in [0.25, 0.3) is 0 Å². The van der Waals surface area contributed by atoms with Crippen LogP contribution in [0.2, 0.25) is 0 Å². The monoisotopic (exact) mass is 220 g/mol. The summed E-state index contributed by atoms with van der Waals surface area (Å²) in [4.78, 5) is 0. The van der Waals surface area contributed by atoms with Crippen LogP contribution in [0.3, 0.4) is 0 Å². The van der Waals surface area contributed by atoms with E-state index in [-0.39, 0.29) is 0 Å². The summed E-state index contributed by atoms with van der Waals surface area (Å²) in [5.74, 6) is 3.78. The topological polar surface area (TPSA) is 0 Å². The molecule has 0 bridgehead atoms. The zero-order chi connectivity index (χ0) is 11.1. The second kappa shape index (κ2) is 7.35. The van der Waals surface area contributed by atoms with Crippen LogP contribution in [0.4, 0.5) is 0 Å². The summed E-state index contributed by atoms with van der Waals surface area (Å²) in [5, 5.41) is 0. The molecule has 2 saturated carbocycles. The minimum atomic E-state index is 1.45. The highest BCUT2D eigenvalue weighted by Crippen LogP contribution is 2.32. The molecule has 92 valence electrons. The Balaban J connectivity index is 1.47. The molecule has 0 atom stereocenters. The van der Waals surface area contributed by atoms with E-state index in [1.807, 2.05) is 11.8 Å². The largest absolute Gasteiger partial charge is 0.0533 e. The molecule has 0 saturated heterocycles. The second-order valence-corrected chi connectivity index (χ2v) is 5.83. The molecule has 0 amide bonds. The zero-order valence-electron chi connectivity index (χ0n) is 10.9. The van der Waals surface area contributed by atoms with Crippen molar-refractivity contribution in [1.82, 2.24) is 0 Å². The van der Waals surface area contributed by atoms with Gasteiger partial charge in [-0.3, -0.25) is 0 Å². The molecule has 0 unspecified atom stereocenters. The van der Waals surface area contributed by atoms with Crippen molar-refractivity contribution in [3.8, 4) is 0 Å².